The van der Waals surface area contributed by atoms with Crippen molar-refractivity contribution in [1.29, 1.82) is 0 Å². The van der Waals surface area contributed by atoms with Crippen molar-refractivity contribution >= 4 is 29.3 Å². The fraction of sp³-hybridized carbons (Fsp3) is 0.556. The van der Waals surface area contributed by atoms with Gasteiger partial charge >= 0.3 is 50.9 Å². The summed E-state index contributed by atoms with van der Waals surface area (Å²) in [5.41, 5.74) is 4.71. The van der Waals surface area contributed by atoms with E-state index in [4.69, 9.17) is 20.3 Å². The summed E-state index contributed by atoms with van der Waals surface area (Å²) in [5.74, 6) is 0.0219. The molecule has 1 aromatic heterocycles. The Morgan fingerprint density at radius 2 is 1.89 bits per heavy atom. The minimum absolute atomic E-state index is 0. The Hall–Kier alpha value is 0.0500. The molecule has 28 heavy (non-hydrogen) atoms. The molecule has 0 saturated carbocycles. The number of aromatic nitrogens is 2. The van der Waals surface area contributed by atoms with Crippen molar-refractivity contribution in [3.8, 4) is 0 Å². The number of phosphoric ester groups is 1. The van der Waals surface area contributed by atoms with Crippen molar-refractivity contribution in [2.45, 2.75) is 25.2 Å². The maximum Gasteiger partial charge on any atom is 1.00 e. The van der Waals surface area contributed by atoms with E-state index < -0.39 is 48.1 Å². The number of anilines is 1. The van der Waals surface area contributed by atoms with Gasteiger partial charge in [-0.3, -0.25) is 13.7 Å². The van der Waals surface area contributed by atoms with Gasteiger partial charge < -0.3 is 30.0 Å². The number of hydrogen-bond donors (Lipinski definition) is 4. The molecule has 0 spiro atoms. The molecule has 3 unspecified atom stereocenters. The van der Waals surface area contributed by atoms with E-state index in [1.54, 1.807) is 0 Å². The fourth-order valence-corrected chi connectivity index (χ4v) is 5.15. The minimum atomic E-state index is -5.71. The molecule has 154 valence electrons. The van der Waals surface area contributed by atoms with Gasteiger partial charge in [-0.25, -0.2) is 18.2 Å². The summed E-state index contributed by atoms with van der Waals surface area (Å²) in [6, 6.07) is 1.37. The molecule has 1 aliphatic rings. The molecule has 1 aliphatic heterocycles. The molecule has 1 fully saturated rings. The number of rotatable bonds is 8. The SMILES string of the molecule is Nc1ccn([C@@H]2CC[C@H](COP(=O)(O)OP(=O)(O)OP(=O)([O-])O)O2)c(=O)n1.[Na+]. The minimum Gasteiger partial charge on any atom is -0.756 e. The Morgan fingerprint density at radius 3 is 2.46 bits per heavy atom. The van der Waals surface area contributed by atoms with Crippen LogP contribution in [-0.4, -0.2) is 36.9 Å². The monoisotopic (exact) mass is 473 g/mol. The number of nitrogen functional groups attached to an aromatic ring is 1. The van der Waals surface area contributed by atoms with Crippen molar-refractivity contribution < 1.29 is 80.7 Å². The van der Waals surface area contributed by atoms with Crippen LogP contribution in [0.1, 0.15) is 19.1 Å². The zero-order chi connectivity index (χ0) is 20.5. The number of nitrogens with zero attached hydrogens (tertiary/aromatic N) is 2. The molecule has 2 heterocycles. The number of ether oxygens (including phenoxy) is 1. The molecule has 0 aromatic carbocycles. The van der Waals surface area contributed by atoms with Gasteiger partial charge in [0.05, 0.1) is 12.7 Å². The molecule has 0 bridgehead atoms. The standard InChI is InChI=1S/C9H16N3O12P3.Na/c10-7-3-4-12(9(13)11-7)8-2-1-6(22-8)5-21-26(17,18)24-27(19,20)23-25(14,15)16;/h3-4,6,8H,1-2,5H2,(H,17,18)(H,19,20)(H2,10,11,13)(H2,14,15,16);/q;+1/p-1/t6-,8+;/m1./s1. The van der Waals surface area contributed by atoms with Crippen molar-refractivity contribution in [1.82, 2.24) is 9.55 Å². The molecule has 15 nitrogen and oxygen atoms in total. The summed E-state index contributed by atoms with van der Waals surface area (Å²) in [5, 5.41) is 0. The van der Waals surface area contributed by atoms with Gasteiger partial charge in [0.1, 0.15) is 12.0 Å². The van der Waals surface area contributed by atoms with E-state index in [1.807, 2.05) is 0 Å². The maximum absolute atomic E-state index is 11.7. The molecule has 1 saturated heterocycles. The summed E-state index contributed by atoms with van der Waals surface area (Å²) >= 11 is 0. The van der Waals surface area contributed by atoms with Gasteiger partial charge in [-0.2, -0.15) is 9.29 Å². The van der Waals surface area contributed by atoms with Crippen LogP contribution in [0.3, 0.4) is 0 Å². The third-order valence-electron chi connectivity index (χ3n) is 3.08. The van der Waals surface area contributed by atoms with Crippen molar-refractivity contribution in [2.75, 3.05) is 12.3 Å². The summed E-state index contributed by atoms with van der Waals surface area (Å²) < 4.78 is 51.3. The zero-order valence-electron chi connectivity index (χ0n) is 14.3. The zero-order valence-corrected chi connectivity index (χ0v) is 18.9. The number of hydrogen-bond acceptors (Lipinski definition) is 11. The van der Waals surface area contributed by atoms with Crippen LogP contribution >= 0.6 is 23.5 Å². The van der Waals surface area contributed by atoms with E-state index in [1.165, 1.54) is 12.3 Å². The smallest absolute Gasteiger partial charge is 0.756 e. The Bertz CT molecular complexity index is 889. The Balaban J connectivity index is 0.00000392. The van der Waals surface area contributed by atoms with Crippen LogP contribution in [0, 0.1) is 0 Å². The van der Waals surface area contributed by atoms with Crippen molar-refractivity contribution in [2.24, 2.45) is 0 Å². The number of phosphoric acid groups is 3. The van der Waals surface area contributed by atoms with Crippen LogP contribution in [0.5, 0.6) is 0 Å². The topological polar surface area (TPSA) is 233 Å². The maximum atomic E-state index is 11.7. The third kappa shape index (κ3) is 8.42. The van der Waals surface area contributed by atoms with E-state index in [9.17, 15) is 28.3 Å². The normalized spacial score (nSPS) is 25.9. The van der Waals surface area contributed by atoms with Crippen LogP contribution in [0.25, 0.3) is 0 Å². The molecule has 0 radical (unpaired) electrons. The first-order valence-corrected chi connectivity index (χ1v) is 11.5. The van der Waals surface area contributed by atoms with E-state index in [2.05, 4.69) is 18.1 Å². The largest absolute Gasteiger partial charge is 1.00 e. The summed E-state index contributed by atoms with van der Waals surface area (Å²) in [6.07, 6.45) is 0.411. The molecule has 0 amide bonds. The van der Waals surface area contributed by atoms with Crippen LogP contribution < -0.4 is 45.9 Å². The van der Waals surface area contributed by atoms with Gasteiger partial charge in [0.2, 0.25) is 0 Å². The van der Waals surface area contributed by atoms with Crippen LogP contribution in [0.15, 0.2) is 17.1 Å². The molecular weight excluding hydrogens is 458 g/mol. The molecular formula is C9H15N3NaO12P3. The van der Waals surface area contributed by atoms with E-state index in [-0.39, 0.29) is 41.8 Å². The van der Waals surface area contributed by atoms with Gasteiger partial charge in [0.15, 0.2) is 0 Å². The Kier molecular flexibility index (Phi) is 9.23. The predicted molar refractivity (Wildman–Crippen MR) is 83.7 cm³/mol. The first kappa shape index (κ1) is 26.1. The van der Waals surface area contributed by atoms with Gasteiger partial charge in [-0.05, 0) is 18.9 Å². The Labute approximate surface area is 179 Å². The Morgan fingerprint density at radius 1 is 1.25 bits per heavy atom. The first-order valence-electron chi connectivity index (χ1n) is 7.03. The van der Waals surface area contributed by atoms with E-state index in [0.717, 1.165) is 4.57 Å². The second-order valence-corrected chi connectivity index (χ2v) is 9.57. The molecule has 0 aliphatic carbocycles. The summed E-state index contributed by atoms with van der Waals surface area (Å²) in [6.45, 7) is -0.602. The fourth-order valence-electron chi connectivity index (χ4n) is 2.14. The first-order chi connectivity index (χ1) is 12.3. The van der Waals surface area contributed by atoms with E-state index >= 15 is 0 Å². The van der Waals surface area contributed by atoms with Crippen LogP contribution in [0.2, 0.25) is 0 Å². The molecule has 5 N–H and O–H groups in total. The van der Waals surface area contributed by atoms with Gasteiger partial charge in [-0.1, -0.05) is 0 Å². The summed E-state index contributed by atoms with van der Waals surface area (Å²) in [7, 11) is -16.6. The van der Waals surface area contributed by atoms with Gasteiger partial charge in [0, 0.05) is 6.20 Å². The third-order valence-corrected chi connectivity index (χ3v) is 6.86. The quantitative estimate of drug-likeness (QED) is 0.210. The van der Waals surface area contributed by atoms with Gasteiger partial charge in [-0.15, -0.1) is 0 Å². The second-order valence-electron chi connectivity index (χ2n) is 5.20. The van der Waals surface area contributed by atoms with Crippen molar-refractivity contribution in [3.63, 3.8) is 0 Å². The molecule has 19 heteroatoms. The predicted octanol–water partition coefficient (Wildman–Crippen LogP) is -3.78. The van der Waals surface area contributed by atoms with Crippen LogP contribution in [-0.2, 0) is 31.6 Å². The number of nitrogens with two attached hydrogens (primary N) is 1. The average Bonchev–Trinajstić information content (AvgIpc) is 2.90. The average molecular weight is 473 g/mol. The second kappa shape index (κ2) is 9.90. The van der Waals surface area contributed by atoms with Crippen LogP contribution in [0.4, 0.5) is 5.82 Å². The molecule has 2 rings (SSSR count). The molecule has 1 aromatic rings. The molecule has 5 atom stereocenters. The summed E-state index contributed by atoms with van der Waals surface area (Å²) in [4.78, 5) is 52.3. The van der Waals surface area contributed by atoms with Gasteiger partial charge in [0.25, 0.3) is 7.82 Å². The van der Waals surface area contributed by atoms with E-state index in [0.29, 0.717) is 6.42 Å². The van der Waals surface area contributed by atoms with Crippen molar-refractivity contribution in [3.05, 3.63) is 22.7 Å².